The highest BCUT2D eigenvalue weighted by Gasteiger charge is 2.15. The Kier molecular flexibility index (Phi) is 5.34. The van der Waals surface area contributed by atoms with E-state index >= 15 is 0 Å². The van der Waals surface area contributed by atoms with Gasteiger partial charge in [0.25, 0.3) is 5.78 Å². The molecule has 1 N–H and O–H groups in total. The van der Waals surface area contributed by atoms with Crippen molar-refractivity contribution in [3.8, 4) is 5.75 Å². The molecule has 27 heavy (non-hydrogen) atoms. The number of ether oxygens (including phenoxy) is 1. The van der Waals surface area contributed by atoms with E-state index in [0.29, 0.717) is 24.2 Å². The molecule has 0 aliphatic heterocycles. The van der Waals surface area contributed by atoms with E-state index in [2.05, 4.69) is 20.4 Å². The van der Waals surface area contributed by atoms with Crippen molar-refractivity contribution in [1.82, 2.24) is 24.9 Å². The predicted molar refractivity (Wildman–Crippen MR) is 98.1 cm³/mol. The van der Waals surface area contributed by atoms with Crippen LogP contribution in [0.2, 0.25) is 0 Å². The van der Waals surface area contributed by atoms with Crippen LogP contribution < -0.4 is 10.1 Å². The van der Waals surface area contributed by atoms with Gasteiger partial charge in [-0.2, -0.15) is 10.1 Å². The average molecular weight is 371 g/mol. The van der Waals surface area contributed by atoms with Gasteiger partial charge < -0.3 is 10.1 Å². The number of benzene rings is 1. The highest BCUT2D eigenvalue weighted by molar-refractivity contribution is 5.76. The molecule has 1 unspecified atom stereocenters. The van der Waals surface area contributed by atoms with E-state index in [9.17, 15) is 9.18 Å². The van der Waals surface area contributed by atoms with Gasteiger partial charge in [0.2, 0.25) is 5.91 Å². The lowest BCUT2D eigenvalue weighted by molar-refractivity contribution is -0.121. The van der Waals surface area contributed by atoms with Crippen LogP contribution in [0.25, 0.3) is 5.78 Å². The van der Waals surface area contributed by atoms with Crippen molar-refractivity contribution in [3.63, 3.8) is 0 Å². The van der Waals surface area contributed by atoms with Gasteiger partial charge in [-0.1, -0.05) is 6.07 Å². The van der Waals surface area contributed by atoms with Gasteiger partial charge in [0.05, 0.1) is 13.2 Å². The van der Waals surface area contributed by atoms with Crippen LogP contribution in [0.1, 0.15) is 41.9 Å². The largest absolute Gasteiger partial charge is 0.494 e. The first-order chi connectivity index (χ1) is 12.9. The van der Waals surface area contributed by atoms with Crippen molar-refractivity contribution in [1.29, 1.82) is 0 Å². The molecule has 0 saturated carbocycles. The number of carbonyl (C=O) groups is 1. The van der Waals surface area contributed by atoms with Crippen molar-refractivity contribution >= 4 is 11.7 Å². The Labute approximate surface area is 156 Å². The van der Waals surface area contributed by atoms with E-state index in [-0.39, 0.29) is 17.7 Å². The third kappa shape index (κ3) is 3.89. The summed E-state index contributed by atoms with van der Waals surface area (Å²) in [4.78, 5) is 20.9. The molecule has 2 heterocycles. The Morgan fingerprint density at radius 2 is 2.15 bits per heavy atom. The summed E-state index contributed by atoms with van der Waals surface area (Å²) >= 11 is 0. The van der Waals surface area contributed by atoms with E-state index in [1.54, 1.807) is 16.6 Å². The van der Waals surface area contributed by atoms with Crippen molar-refractivity contribution in [2.75, 3.05) is 7.11 Å². The minimum Gasteiger partial charge on any atom is -0.494 e. The predicted octanol–water partition coefficient (Wildman–Crippen LogP) is 2.70. The Morgan fingerprint density at radius 3 is 2.85 bits per heavy atom. The maximum Gasteiger partial charge on any atom is 0.252 e. The number of amides is 1. The molecule has 3 aromatic rings. The molecule has 0 radical (unpaired) electrons. The lowest BCUT2D eigenvalue weighted by Gasteiger charge is -2.16. The zero-order chi connectivity index (χ0) is 19.6. The smallest absolute Gasteiger partial charge is 0.252 e. The van der Waals surface area contributed by atoms with E-state index in [1.807, 2.05) is 20.8 Å². The molecule has 1 atom stereocenters. The number of hydrogen-bond donors (Lipinski definition) is 1. The Bertz CT molecular complexity index is 986. The van der Waals surface area contributed by atoms with Crippen molar-refractivity contribution in [2.24, 2.45) is 0 Å². The van der Waals surface area contributed by atoms with Gasteiger partial charge >= 0.3 is 0 Å². The fourth-order valence-electron chi connectivity index (χ4n) is 3.10. The number of methoxy groups -OCH3 is 1. The van der Waals surface area contributed by atoms with Gasteiger partial charge in [0.1, 0.15) is 6.33 Å². The lowest BCUT2D eigenvalue weighted by Crippen LogP contribution is -2.27. The molecule has 142 valence electrons. The number of aromatic nitrogens is 4. The van der Waals surface area contributed by atoms with Gasteiger partial charge in [0.15, 0.2) is 11.6 Å². The summed E-state index contributed by atoms with van der Waals surface area (Å²) in [6, 6.07) is 4.36. The van der Waals surface area contributed by atoms with Crippen molar-refractivity contribution < 1.29 is 13.9 Å². The SMILES string of the molecule is COc1ccc(C(C)NC(=O)CCc2c(C)nc3ncnn3c2C)cc1F. The normalized spacial score (nSPS) is 12.2. The Hall–Kier alpha value is -3.03. The van der Waals surface area contributed by atoms with Gasteiger partial charge in [-0.3, -0.25) is 4.79 Å². The van der Waals surface area contributed by atoms with Gasteiger partial charge in [-0.05, 0) is 50.5 Å². The maximum absolute atomic E-state index is 13.8. The molecule has 0 bridgehead atoms. The number of aryl methyl sites for hydroxylation is 2. The molecular formula is C19H22FN5O2. The van der Waals surface area contributed by atoms with E-state index in [0.717, 1.165) is 17.0 Å². The van der Waals surface area contributed by atoms with E-state index in [4.69, 9.17) is 4.74 Å². The van der Waals surface area contributed by atoms with Gasteiger partial charge in [-0.25, -0.2) is 13.9 Å². The molecule has 8 heteroatoms. The van der Waals surface area contributed by atoms with Crippen LogP contribution in [-0.2, 0) is 11.2 Å². The zero-order valence-corrected chi connectivity index (χ0v) is 15.8. The first-order valence-electron chi connectivity index (χ1n) is 8.69. The van der Waals surface area contributed by atoms with Crippen LogP contribution in [0, 0.1) is 19.7 Å². The molecule has 0 spiro atoms. The summed E-state index contributed by atoms with van der Waals surface area (Å²) in [7, 11) is 1.42. The van der Waals surface area contributed by atoms with Crippen LogP contribution >= 0.6 is 0 Å². The topological polar surface area (TPSA) is 81.4 Å². The molecule has 1 amide bonds. The number of rotatable bonds is 6. The Morgan fingerprint density at radius 1 is 1.37 bits per heavy atom. The molecule has 0 fully saturated rings. The third-order valence-electron chi connectivity index (χ3n) is 4.64. The molecular weight excluding hydrogens is 349 g/mol. The van der Waals surface area contributed by atoms with Crippen molar-refractivity contribution in [3.05, 3.63) is 52.9 Å². The van der Waals surface area contributed by atoms with Crippen LogP contribution in [0.4, 0.5) is 4.39 Å². The maximum atomic E-state index is 13.8. The van der Waals surface area contributed by atoms with Crippen LogP contribution in [0.3, 0.4) is 0 Å². The molecule has 2 aromatic heterocycles. The highest BCUT2D eigenvalue weighted by Crippen LogP contribution is 2.22. The summed E-state index contributed by atoms with van der Waals surface area (Å²) in [6.07, 6.45) is 2.30. The molecule has 0 aliphatic carbocycles. The van der Waals surface area contributed by atoms with E-state index < -0.39 is 5.82 Å². The number of halogens is 1. The molecule has 0 saturated heterocycles. The molecule has 0 aliphatic rings. The second-order valence-electron chi connectivity index (χ2n) is 6.42. The second kappa shape index (κ2) is 7.69. The quantitative estimate of drug-likeness (QED) is 0.720. The minimum atomic E-state index is -0.449. The summed E-state index contributed by atoms with van der Waals surface area (Å²) in [5, 5.41) is 7.05. The minimum absolute atomic E-state index is 0.115. The number of carbonyl (C=O) groups excluding carboxylic acids is 1. The fourth-order valence-corrected chi connectivity index (χ4v) is 3.10. The Balaban J connectivity index is 1.65. The van der Waals surface area contributed by atoms with Crippen LogP contribution in [0.15, 0.2) is 24.5 Å². The first-order valence-corrected chi connectivity index (χ1v) is 8.69. The van der Waals surface area contributed by atoms with Gasteiger partial charge in [-0.15, -0.1) is 0 Å². The first kappa shape index (κ1) is 18.8. The summed E-state index contributed by atoms with van der Waals surface area (Å²) in [6.45, 7) is 5.66. The third-order valence-corrected chi connectivity index (χ3v) is 4.64. The second-order valence-corrected chi connectivity index (χ2v) is 6.42. The van der Waals surface area contributed by atoms with Gasteiger partial charge in [0, 0.05) is 17.8 Å². The molecule has 1 aromatic carbocycles. The monoisotopic (exact) mass is 371 g/mol. The molecule has 7 nitrogen and oxygen atoms in total. The lowest BCUT2D eigenvalue weighted by atomic mass is 10.0. The molecule has 3 rings (SSSR count). The summed E-state index contributed by atoms with van der Waals surface area (Å²) in [5.41, 5.74) is 3.42. The van der Waals surface area contributed by atoms with Crippen molar-refractivity contribution in [2.45, 2.75) is 39.7 Å². The standard InChI is InChI=1S/C19H22FN5O2/c1-11(14-5-7-17(27-4)16(20)9-14)23-18(26)8-6-15-12(2)24-19-21-10-22-25(19)13(15)3/h5,7,9-11H,6,8H2,1-4H3,(H,23,26). The summed E-state index contributed by atoms with van der Waals surface area (Å²) in [5.74, 6) is 0.165. The highest BCUT2D eigenvalue weighted by atomic mass is 19.1. The fraction of sp³-hybridized carbons (Fsp3) is 0.368. The number of hydrogen-bond acceptors (Lipinski definition) is 5. The van der Waals surface area contributed by atoms with Crippen LogP contribution in [0.5, 0.6) is 5.75 Å². The van der Waals surface area contributed by atoms with E-state index in [1.165, 1.54) is 19.5 Å². The summed E-state index contributed by atoms with van der Waals surface area (Å²) < 4.78 is 20.4. The van der Waals surface area contributed by atoms with Crippen LogP contribution in [-0.4, -0.2) is 32.6 Å². The number of fused-ring (bicyclic) bond motifs is 1. The zero-order valence-electron chi connectivity index (χ0n) is 15.8. The number of nitrogens with zero attached hydrogens (tertiary/aromatic N) is 4. The average Bonchev–Trinajstić information content (AvgIpc) is 3.09. The number of nitrogens with one attached hydrogen (secondary N) is 1.